The van der Waals surface area contributed by atoms with E-state index in [1.807, 2.05) is 12.1 Å². The van der Waals surface area contributed by atoms with Crippen LogP contribution in [0.2, 0.25) is 0 Å². The van der Waals surface area contributed by atoms with Crippen molar-refractivity contribution in [3.8, 4) is 0 Å². The number of carbonyl (C=O) groups is 3. The van der Waals surface area contributed by atoms with Gasteiger partial charge in [0.05, 0.1) is 30.0 Å². The number of halogens is 1. The number of nitrogens with zero attached hydrogens (tertiary/aromatic N) is 4. The van der Waals surface area contributed by atoms with Crippen molar-refractivity contribution in [3.05, 3.63) is 45.9 Å². The van der Waals surface area contributed by atoms with Crippen molar-refractivity contribution in [2.45, 2.75) is 6.92 Å². The average Bonchev–Trinajstić information content (AvgIpc) is 3.01. The SMILES string of the molecule is COCCN(CCOC)c1ccc(N=Nc2cc3c(cc2Br)C(=O)N(C)C3=O)c(NC(C)=O)c1. The molecule has 1 heterocycles. The van der Waals surface area contributed by atoms with Crippen LogP contribution in [-0.2, 0) is 14.3 Å². The molecule has 0 saturated carbocycles. The van der Waals surface area contributed by atoms with Crippen LogP contribution >= 0.6 is 15.9 Å². The smallest absolute Gasteiger partial charge is 0.261 e. The standard InChI is InChI=1S/C23H26BrN5O5/c1-14(30)25-21-11-15(29(7-9-33-3)8-10-34-4)5-6-19(21)26-27-20-13-17-16(12-18(20)24)22(31)28(2)23(17)32/h5-6,11-13H,7-10H2,1-4H3,(H,25,30). The van der Waals surface area contributed by atoms with E-state index in [0.717, 1.165) is 10.6 Å². The van der Waals surface area contributed by atoms with Crippen molar-refractivity contribution in [1.82, 2.24) is 4.90 Å². The van der Waals surface area contributed by atoms with Gasteiger partial charge in [-0.25, -0.2) is 0 Å². The lowest BCUT2D eigenvalue weighted by atomic mass is 10.1. The van der Waals surface area contributed by atoms with Gasteiger partial charge in [0.1, 0.15) is 11.4 Å². The van der Waals surface area contributed by atoms with Crippen LogP contribution in [0.15, 0.2) is 45.0 Å². The number of hydrogen-bond donors (Lipinski definition) is 1. The topological polar surface area (TPSA) is 113 Å². The highest BCUT2D eigenvalue weighted by molar-refractivity contribution is 9.10. The van der Waals surface area contributed by atoms with Gasteiger partial charge in [0.15, 0.2) is 0 Å². The Morgan fingerprint density at radius 1 is 1.00 bits per heavy atom. The van der Waals surface area contributed by atoms with Gasteiger partial charge < -0.3 is 19.7 Å². The molecule has 3 amide bonds. The average molecular weight is 532 g/mol. The van der Waals surface area contributed by atoms with Crippen molar-refractivity contribution in [3.63, 3.8) is 0 Å². The van der Waals surface area contributed by atoms with Gasteiger partial charge in [0, 0.05) is 51.4 Å². The molecule has 180 valence electrons. The first-order valence-electron chi connectivity index (χ1n) is 10.5. The zero-order valence-corrected chi connectivity index (χ0v) is 21.0. The fourth-order valence-electron chi connectivity index (χ4n) is 3.42. The molecule has 11 heteroatoms. The Kier molecular flexibility index (Phi) is 8.48. The second-order valence-corrected chi connectivity index (χ2v) is 8.43. The third kappa shape index (κ3) is 5.66. The maximum absolute atomic E-state index is 12.3. The summed E-state index contributed by atoms with van der Waals surface area (Å²) in [4.78, 5) is 39.5. The number of rotatable bonds is 10. The number of methoxy groups -OCH3 is 2. The van der Waals surface area contributed by atoms with E-state index < -0.39 is 0 Å². The highest BCUT2D eigenvalue weighted by Crippen LogP contribution is 2.36. The van der Waals surface area contributed by atoms with E-state index >= 15 is 0 Å². The summed E-state index contributed by atoms with van der Waals surface area (Å²) < 4.78 is 10.9. The van der Waals surface area contributed by atoms with E-state index in [1.165, 1.54) is 20.0 Å². The summed E-state index contributed by atoms with van der Waals surface area (Å²) in [6, 6.07) is 8.53. The minimum Gasteiger partial charge on any atom is -0.383 e. The molecular formula is C23H26BrN5O5. The maximum atomic E-state index is 12.3. The van der Waals surface area contributed by atoms with Crippen LogP contribution in [0.25, 0.3) is 0 Å². The van der Waals surface area contributed by atoms with E-state index in [-0.39, 0.29) is 23.3 Å². The van der Waals surface area contributed by atoms with Gasteiger partial charge in [-0.05, 0) is 46.3 Å². The Morgan fingerprint density at radius 3 is 2.18 bits per heavy atom. The molecule has 0 aromatic heterocycles. The molecule has 0 saturated heterocycles. The molecular weight excluding hydrogens is 506 g/mol. The molecule has 0 aliphatic carbocycles. The number of hydrogen-bond acceptors (Lipinski definition) is 8. The van der Waals surface area contributed by atoms with Gasteiger partial charge in [-0.1, -0.05) is 0 Å². The first kappa shape index (κ1) is 25.5. The summed E-state index contributed by atoms with van der Waals surface area (Å²) in [6.45, 7) is 3.76. The molecule has 1 aliphatic heterocycles. The maximum Gasteiger partial charge on any atom is 0.261 e. The summed E-state index contributed by atoms with van der Waals surface area (Å²) in [5.74, 6) is -1.00. The van der Waals surface area contributed by atoms with Crippen LogP contribution in [0.3, 0.4) is 0 Å². The lowest BCUT2D eigenvalue weighted by molar-refractivity contribution is -0.114. The van der Waals surface area contributed by atoms with Crippen LogP contribution < -0.4 is 10.2 Å². The molecule has 34 heavy (non-hydrogen) atoms. The number of ether oxygens (including phenoxy) is 2. The van der Waals surface area contributed by atoms with Gasteiger partial charge in [0.2, 0.25) is 5.91 Å². The number of anilines is 2. The summed E-state index contributed by atoms with van der Waals surface area (Å²) in [5, 5.41) is 11.4. The predicted molar refractivity (Wildman–Crippen MR) is 131 cm³/mol. The third-order valence-electron chi connectivity index (χ3n) is 5.21. The molecule has 0 radical (unpaired) electrons. The van der Waals surface area contributed by atoms with E-state index in [2.05, 4.69) is 36.4 Å². The van der Waals surface area contributed by atoms with Gasteiger partial charge in [0.25, 0.3) is 11.8 Å². The van der Waals surface area contributed by atoms with Crippen molar-refractivity contribution < 1.29 is 23.9 Å². The van der Waals surface area contributed by atoms with Crippen LogP contribution in [0.5, 0.6) is 0 Å². The number of benzene rings is 2. The van der Waals surface area contributed by atoms with Crippen LogP contribution in [-0.4, -0.2) is 70.2 Å². The number of nitrogens with one attached hydrogen (secondary N) is 1. The van der Waals surface area contributed by atoms with Crippen LogP contribution in [0.4, 0.5) is 22.7 Å². The molecule has 2 aromatic rings. The Labute approximate surface area is 206 Å². The second kappa shape index (κ2) is 11.3. The van der Waals surface area contributed by atoms with E-state index in [0.29, 0.717) is 53.4 Å². The number of carbonyl (C=O) groups excluding carboxylic acids is 3. The number of azo groups is 1. The van der Waals surface area contributed by atoms with Gasteiger partial charge >= 0.3 is 0 Å². The minimum absolute atomic E-state index is 0.250. The molecule has 10 nitrogen and oxygen atoms in total. The quantitative estimate of drug-likeness (QED) is 0.364. The molecule has 0 spiro atoms. The van der Waals surface area contributed by atoms with Gasteiger partial charge in [-0.2, -0.15) is 0 Å². The first-order valence-corrected chi connectivity index (χ1v) is 11.3. The van der Waals surface area contributed by atoms with E-state index in [1.54, 1.807) is 26.4 Å². The summed E-state index contributed by atoms with van der Waals surface area (Å²) >= 11 is 3.39. The highest BCUT2D eigenvalue weighted by atomic mass is 79.9. The molecule has 0 fully saturated rings. The van der Waals surface area contributed by atoms with Crippen molar-refractivity contribution >= 4 is 56.4 Å². The summed E-state index contributed by atoms with van der Waals surface area (Å²) in [5.41, 5.74) is 2.75. The molecule has 0 bridgehead atoms. The molecule has 3 rings (SSSR count). The van der Waals surface area contributed by atoms with E-state index in [4.69, 9.17) is 9.47 Å². The van der Waals surface area contributed by atoms with Gasteiger partial charge in [-0.15, -0.1) is 10.2 Å². The fourth-order valence-corrected chi connectivity index (χ4v) is 3.85. The second-order valence-electron chi connectivity index (χ2n) is 7.57. The van der Waals surface area contributed by atoms with Crippen molar-refractivity contribution in [2.75, 3.05) is 57.8 Å². The predicted octanol–water partition coefficient (Wildman–Crippen LogP) is 4.15. The van der Waals surface area contributed by atoms with Gasteiger partial charge in [-0.3, -0.25) is 19.3 Å². The van der Waals surface area contributed by atoms with Crippen LogP contribution in [0, 0.1) is 0 Å². The van der Waals surface area contributed by atoms with Crippen LogP contribution in [0.1, 0.15) is 27.6 Å². The molecule has 2 aromatic carbocycles. The minimum atomic E-state index is -0.389. The molecule has 0 unspecified atom stereocenters. The number of fused-ring (bicyclic) bond motifs is 1. The summed E-state index contributed by atoms with van der Waals surface area (Å²) in [6.07, 6.45) is 0. The lowest BCUT2D eigenvalue weighted by Crippen LogP contribution is -2.30. The Morgan fingerprint density at radius 2 is 1.59 bits per heavy atom. The fraction of sp³-hybridized carbons (Fsp3) is 0.348. The lowest BCUT2D eigenvalue weighted by Gasteiger charge is -2.25. The largest absolute Gasteiger partial charge is 0.383 e. The zero-order valence-electron chi connectivity index (χ0n) is 19.4. The monoisotopic (exact) mass is 531 g/mol. The third-order valence-corrected chi connectivity index (χ3v) is 5.84. The summed E-state index contributed by atoms with van der Waals surface area (Å²) in [7, 11) is 4.71. The number of imide groups is 1. The Hall–Kier alpha value is -3.15. The Bertz CT molecular complexity index is 1130. The number of amides is 3. The highest BCUT2D eigenvalue weighted by Gasteiger charge is 2.33. The molecule has 0 atom stereocenters. The molecule has 1 aliphatic rings. The van der Waals surface area contributed by atoms with Crippen molar-refractivity contribution in [2.24, 2.45) is 10.2 Å². The van der Waals surface area contributed by atoms with E-state index in [9.17, 15) is 14.4 Å². The first-order chi connectivity index (χ1) is 16.3. The normalized spacial score (nSPS) is 13.0. The van der Waals surface area contributed by atoms with Crippen molar-refractivity contribution in [1.29, 1.82) is 0 Å². The zero-order chi connectivity index (χ0) is 24.8. The molecule has 1 N–H and O–H groups in total. The Balaban J connectivity index is 1.94.